The molecular formula is C13H12Cl3NO2. The number of benzene rings is 1. The second kappa shape index (κ2) is 6.12. The van der Waals surface area contributed by atoms with Crippen LogP contribution in [-0.4, -0.2) is 17.7 Å². The highest BCUT2D eigenvalue weighted by atomic mass is 35.5. The minimum Gasteiger partial charge on any atom is -0.346 e. The third-order valence-electron chi connectivity index (χ3n) is 3.05. The molecule has 1 unspecified atom stereocenters. The molecule has 1 aliphatic rings. The maximum Gasteiger partial charge on any atom is 0.220 e. The van der Waals surface area contributed by atoms with Gasteiger partial charge in [0.05, 0.1) is 21.7 Å². The van der Waals surface area contributed by atoms with Gasteiger partial charge in [0.25, 0.3) is 0 Å². The molecule has 0 aliphatic carbocycles. The van der Waals surface area contributed by atoms with E-state index < -0.39 is 6.04 Å². The lowest BCUT2D eigenvalue weighted by Crippen LogP contribution is -2.39. The highest BCUT2D eigenvalue weighted by Crippen LogP contribution is 2.30. The summed E-state index contributed by atoms with van der Waals surface area (Å²) < 4.78 is 0. The standard InChI is InChI=1S/C13H12Cl3NO2/c14-7-5-8(15)12(9(16)6-7)13(19)10-3-1-2-4-11(18)17-10/h5-6,10H,1-4H2,(H,17,18). The Hall–Kier alpha value is -0.770. The number of carbonyl (C=O) groups is 2. The van der Waals surface area contributed by atoms with E-state index in [0.717, 1.165) is 12.8 Å². The molecule has 6 heteroatoms. The molecule has 1 aromatic carbocycles. The summed E-state index contributed by atoms with van der Waals surface area (Å²) in [5.41, 5.74) is 0.222. The number of ketones is 1. The zero-order valence-corrected chi connectivity index (χ0v) is 12.3. The van der Waals surface area contributed by atoms with Gasteiger partial charge in [0.1, 0.15) is 0 Å². The molecule has 1 amide bonds. The lowest BCUT2D eigenvalue weighted by molar-refractivity contribution is -0.121. The van der Waals surface area contributed by atoms with Crippen LogP contribution < -0.4 is 5.32 Å². The average Bonchev–Trinajstić information content (AvgIpc) is 2.52. The average molecular weight is 321 g/mol. The molecule has 0 radical (unpaired) electrons. The lowest BCUT2D eigenvalue weighted by Gasteiger charge is -2.16. The van der Waals surface area contributed by atoms with E-state index in [9.17, 15) is 9.59 Å². The Morgan fingerprint density at radius 2 is 1.79 bits per heavy atom. The van der Waals surface area contributed by atoms with Gasteiger partial charge in [0.15, 0.2) is 5.78 Å². The predicted octanol–water partition coefficient (Wildman–Crippen LogP) is 3.89. The molecule has 0 spiro atoms. The van der Waals surface area contributed by atoms with Gasteiger partial charge in [-0.2, -0.15) is 0 Å². The van der Waals surface area contributed by atoms with Crippen molar-refractivity contribution in [1.29, 1.82) is 0 Å². The second-order valence-electron chi connectivity index (χ2n) is 4.47. The Morgan fingerprint density at radius 1 is 1.16 bits per heavy atom. The van der Waals surface area contributed by atoms with Crippen LogP contribution >= 0.6 is 34.8 Å². The molecule has 1 aliphatic heterocycles. The van der Waals surface area contributed by atoms with E-state index in [2.05, 4.69) is 5.32 Å². The molecule has 1 fully saturated rings. The van der Waals surface area contributed by atoms with Gasteiger partial charge in [-0.05, 0) is 25.0 Å². The van der Waals surface area contributed by atoms with E-state index in [1.165, 1.54) is 12.1 Å². The summed E-state index contributed by atoms with van der Waals surface area (Å²) in [6.07, 6.45) is 2.65. The third kappa shape index (κ3) is 3.41. The fourth-order valence-corrected chi connectivity index (χ4v) is 3.12. The first-order valence-electron chi connectivity index (χ1n) is 5.97. The highest BCUT2D eigenvalue weighted by Gasteiger charge is 2.27. The minimum absolute atomic E-state index is 0.114. The Bertz CT molecular complexity index is 508. The van der Waals surface area contributed by atoms with Crippen LogP contribution in [-0.2, 0) is 4.79 Å². The van der Waals surface area contributed by atoms with Gasteiger partial charge in [-0.25, -0.2) is 0 Å². The van der Waals surface area contributed by atoms with Crippen molar-refractivity contribution in [3.8, 4) is 0 Å². The lowest BCUT2D eigenvalue weighted by atomic mass is 10.00. The molecule has 1 N–H and O–H groups in total. The van der Waals surface area contributed by atoms with Crippen molar-refractivity contribution >= 4 is 46.5 Å². The van der Waals surface area contributed by atoms with E-state index in [-0.39, 0.29) is 27.3 Å². The van der Waals surface area contributed by atoms with Crippen molar-refractivity contribution in [3.63, 3.8) is 0 Å². The van der Waals surface area contributed by atoms with Crippen molar-refractivity contribution in [2.24, 2.45) is 0 Å². The second-order valence-corrected chi connectivity index (χ2v) is 5.73. The van der Waals surface area contributed by atoms with Crippen molar-refractivity contribution < 1.29 is 9.59 Å². The zero-order valence-electron chi connectivity index (χ0n) is 10.0. The topological polar surface area (TPSA) is 46.2 Å². The van der Waals surface area contributed by atoms with E-state index in [0.29, 0.717) is 17.9 Å². The zero-order chi connectivity index (χ0) is 14.0. The summed E-state index contributed by atoms with van der Waals surface area (Å²) in [6, 6.07) is 2.38. The van der Waals surface area contributed by atoms with Crippen LogP contribution in [0.1, 0.15) is 36.0 Å². The molecule has 3 nitrogen and oxygen atoms in total. The van der Waals surface area contributed by atoms with Crippen molar-refractivity contribution in [1.82, 2.24) is 5.32 Å². The van der Waals surface area contributed by atoms with Crippen LogP contribution in [0.5, 0.6) is 0 Å². The smallest absolute Gasteiger partial charge is 0.220 e. The van der Waals surface area contributed by atoms with Crippen LogP contribution in [0.15, 0.2) is 12.1 Å². The van der Waals surface area contributed by atoms with Gasteiger partial charge in [0, 0.05) is 11.4 Å². The Balaban J connectivity index is 2.31. The van der Waals surface area contributed by atoms with Gasteiger partial charge in [-0.15, -0.1) is 0 Å². The summed E-state index contributed by atoms with van der Waals surface area (Å²) in [6.45, 7) is 0. The third-order valence-corrected chi connectivity index (χ3v) is 3.87. The van der Waals surface area contributed by atoms with Crippen LogP contribution in [0.3, 0.4) is 0 Å². The molecule has 1 saturated heterocycles. The van der Waals surface area contributed by atoms with Gasteiger partial charge in [0.2, 0.25) is 5.91 Å². The molecule has 1 aromatic rings. The van der Waals surface area contributed by atoms with Crippen LogP contribution in [0.25, 0.3) is 0 Å². The number of rotatable bonds is 2. The van der Waals surface area contributed by atoms with Crippen LogP contribution in [0.4, 0.5) is 0 Å². The number of hydrogen-bond acceptors (Lipinski definition) is 2. The molecule has 1 atom stereocenters. The molecule has 0 bridgehead atoms. The van der Waals surface area contributed by atoms with Crippen molar-refractivity contribution in [3.05, 3.63) is 32.8 Å². The number of Topliss-reactive ketones (excluding diaryl/α,β-unsaturated/α-hetero) is 1. The van der Waals surface area contributed by atoms with Crippen molar-refractivity contribution in [2.45, 2.75) is 31.7 Å². The number of halogens is 3. The molecule has 19 heavy (non-hydrogen) atoms. The summed E-state index contributed by atoms with van der Waals surface area (Å²) in [7, 11) is 0. The quantitative estimate of drug-likeness (QED) is 0.840. The number of hydrogen-bond donors (Lipinski definition) is 1. The van der Waals surface area contributed by atoms with E-state index >= 15 is 0 Å². The minimum atomic E-state index is -0.564. The summed E-state index contributed by atoms with van der Waals surface area (Å²) in [5, 5.41) is 3.50. The Labute approximate surface area is 126 Å². The molecule has 2 rings (SSSR count). The van der Waals surface area contributed by atoms with E-state index in [1.54, 1.807) is 0 Å². The summed E-state index contributed by atoms with van der Waals surface area (Å²) in [4.78, 5) is 23.9. The number of nitrogens with one attached hydrogen (secondary N) is 1. The molecular weight excluding hydrogens is 309 g/mol. The van der Waals surface area contributed by atoms with Gasteiger partial charge in [-0.3, -0.25) is 9.59 Å². The fourth-order valence-electron chi connectivity index (χ4n) is 2.12. The fraction of sp³-hybridized carbons (Fsp3) is 0.385. The molecule has 0 aromatic heterocycles. The monoisotopic (exact) mass is 319 g/mol. The Morgan fingerprint density at radius 3 is 2.42 bits per heavy atom. The largest absolute Gasteiger partial charge is 0.346 e. The highest BCUT2D eigenvalue weighted by molar-refractivity contribution is 6.42. The van der Waals surface area contributed by atoms with Crippen LogP contribution in [0, 0.1) is 0 Å². The SMILES string of the molecule is O=C1CCCCC(C(=O)c2c(Cl)cc(Cl)cc2Cl)N1. The Kier molecular flexibility index (Phi) is 4.71. The van der Waals surface area contributed by atoms with E-state index in [1.807, 2.05) is 0 Å². The van der Waals surface area contributed by atoms with E-state index in [4.69, 9.17) is 34.8 Å². The maximum atomic E-state index is 12.4. The molecule has 1 heterocycles. The molecule has 102 valence electrons. The first-order valence-corrected chi connectivity index (χ1v) is 7.10. The predicted molar refractivity (Wildman–Crippen MR) is 76.2 cm³/mol. The van der Waals surface area contributed by atoms with Crippen LogP contribution in [0.2, 0.25) is 15.1 Å². The number of amides is 1. The first-order chi connectivity index (χ1) is 8.99. The van der Waals surface area contributed by atoms with Gasteiger partial charge >= 0.3 is 0 Å². The molecule has 0 saturated carbocycles. The van der Waals surface area contributed by atoms with Gasteiger partial charge in [-0.1, -0.05) is 41.2 Å². The summed E-state index contributed by atoms with van der Waals surface area (Å²) in [5.74, 6) is -0.376. The summed E-state index contributed by atoms with van der Waals surface area (Å²) >= 11 is 17.9. The number of carbonyl (C=O) groups excluding carboxylic acids is 2. The normalized spacial score (nSPS) is 19.7. The van der Waals surface area contributed by atoms with Gasteiger partial charge < -0.3 is 5.32 Å². The maximum absolute atomic E-state index is 12.4. The van der Waals surface area contributed by atoms with Crippen molar-refractivity contribution in [2.75, 3.05) is 0 Å². The first kappa shape index (κ1) is 14.6.